The highest BCUT2D eigenvalue weighted by molar-refractivity contribution is 8.18. The van der Waals surface area contributed by atoms with E-state index in [-0.39, 0.29) is 5.91 Å². The highest BCUT2D eigenvalue weighted by Crippen LogP contribution is 2.32. The van der Waals surface area contributed by atoms with E-state index in [4.69, 9.17) is 4.42 Å². The molecule has 0 unspecified atom stereocenters. The van der Waals surface area contributed by atoms with Crippen LogP contribution < -0.4 is 0 Å². The molecule has 0 spiro atoms. The maximum absolute atomic E-state index is 12.1. The van der Waals surface area contributed by atoms with E-state index in [0.717, 1.165) is 5.76 Å². The van der Waals surface area contributed by atoms with Crippen LogP contribution in [0, 0.1) is 0 Å². The maximum atomic E-state index is 12.1. The normalized spacial score (nSPS) is 19.5. The first-order chi connectivity index (χ1) is 10.2. The summed E-state index contributed by atoms with van der Waals surface area (Å²) in [6.45, 7) is 0. The van der Waals surface area contributed by atoms with Crippen LogP contribution in [0.3, 0.4) is 0 Å². The topological polar surface area (TPSA) is 58.7 Å². The van der Waals surface area contributed by atoms with Crippen LogP contribution in [0.25, 0.3) is 6.08 Å². The van der Waals surface area contributed by atoms with E-state index in [2.05, 4.69) is 9.98 Å². The number of rotatable bonds is 3. The number of nitrogens with zero attached hydrogens (tertiary/aromatic N) is 3. The van der Waals surface area contributed by atoms with Gasteiger partial charge in [-0.2, -0.15) is 4.99 Å². The number of allylic oxidation sites excluding steroid dienone is 2. The van der Waals surface area contributed by atoms with Crippen LogP contribution in [0.15, 0.2) is 56.4 Å². The summed E-state index contributed by atoms with van der Waals surface area (Å²) in [4.78, 5) is 22.7. The van der Waals surface area contributed by atoms with E-state index in [0.29, 0.717) is 15.2 Å². The summed E-state index contributed by atoms with van der Waals surface area (Å²) in [5.74, 6) is 0.673. The Labute approximate surface area is 129 Å². The van der Waals surface area contributed by atoms with Gasteiger partial charge in [0.05, 0.1) is 11.2 Å². The molecular formula is C14H11N3O2S2. The van der Waals surface area contributed by atoms with Crippen molar-refractivity contribution < 1.29 is 9.21 Å². The van der Waals surface area contributed by atoms with Gasteiger partial charge in [0.25, 0.3) is 5.91 Å². The molecule has 0 aliphatic carbocycles. The molecule has 0 N–H and O–H groups in total. The van der Waals surface area contributed by atoms with Crippen molar-refractivity contribution in [3.8, 4) is 0 Å². The number of hydrogen-bond donors (Lipinski definition) is 0. The first-order valence-corrected chi connectivity index (χ1v) is 7.79. The van der Waals surface area contributed by atoms with Gasteiger partial charge in [-0.3, -0.25) is 9.69 Å². The molecule has 2 aromatic rings. The molecule has 0 saturated carbocycles. The lowest BCUT2D eigenvalue weighted by Crippen LogP contribution is -2.23. The van der Waals surface area contributed by atoms with Gasteiger partial charge in [0, 0.05) is 18.6 Å². The van der Waals surface area contributed by atoms with E-state index in [1.165, 1.54) is 28.0 Å². The number of carbonyl (C=O) groups is 1. The Kier molecular flexibility index (Phi) is 4.03. The van der Waals surface area contributed by atoms with Gasteiger partial charge in [0.15, 0.2) is 5.17 Å². The summed E-state index contributed by atoms with van der Waals surface area (Å²) >= 11 is 2.77. The van der Waals surface area contributed by atoms with Gasteiger partial charge in [0.1, 0.15) is 5.76 Å². The SMILES string of the molecule is CN1C(=O)/C(=C\C=C\c2ccco2)S/C1=N/c1nccs1. The number of aliphatic imine (C=N–C) groups is 1. The van der Waals surface area contributed by atoms with Gasteiger partial charge in [-0.05, 0) is 36.0 Å². The van der Waals surface area contributed by atoms with Crippen molar-refractivity contribution in [3.63, 3.8) is 0 Å². The molecular weight excluding hydrogens is 306 g/mol. The van der Waals surface area contributed by atoms with Gasteiger partial charge in [0.2, 0.25) is 5.13 Å². The monoisotopic (exact) mass is 317 g/mol. The first kappa shape index (κ1) is 13.8. The summed E-state index contributed by atoms with van der Waals surface area (Å²) in [7, 11) is 1.71. The van der Waals surface area contributed by atoms with Crippen molar-refractivity contribution in [2.24, 2.45) is 4.99 Å². The zero-order valence-electron chi connectivity index (χ0n) is 11.1. The Hall–Kier alpha value is -2.12. The number of thioether (sulfide) groups is 1. The summed E-state index contributed by atoms with van der Waals surface area (Å²) in [5, 5.41) is 3.13. The Bertz CT molecular complexity index is 716. The van der Waals surface area contributed by atoms with Gasteiger partial charge < -0.3 is 4.42 Å². The number of furan rings is 1. The van der Waals surface area contributed by atoms with Crippen molar-refractivity contribution in [1.82, 2.24) is 9.88 Å². The lowest BCUT2D eigenvalue weighted by molar-refractivity contribution is -0.121. The lowest BCUT2D eigenvalue weighted by atomic mass is 10.3. The van der Waals surface area contributed by atoms with Gasteiger partial charge >= 0.3 is 0 Å². The molecule has 1 aliphatic rings. The Balaban J connectivity index is 1.77. The molecule has 1 saturated heterocycles. The Morgan fingerprint density at radius 1 is 1.48 bits per heavy atom. The van der Waals surface area contributed by atoms with E-state index < -0.39 is 0 Å². The predicted octanol–water partition coefficient (Wildman–Crippen LogP) is 3.53. The number of amidine groups is 1. The number of amides is 1. The number of carbonyl (C=O) groups excluding carboxylic acids is 1. The van der Waals surface area contributed by atoms with E-state index in [9.17, 15) is 4.79 Å². The minimum absolute atomic E-state index is 0.0700. The largest absolute Gasteiger partial charge is 0.465 e. The van der Waals surface area contributed by atoms with Crippen molar-refractivity contribution >= 4 is 45.4 Å². The quantitative estimate of drug-likeness (QED) is 0.813. The lowest BCUT2D eigenvalue weighted by Gasteiger charge is -2.05. The molecule has 21 heavy (non-hydrogen) atoms. The number of likely N-dealkylation sites (N-methyl/N-ethyl adjacent to an activating group) is 1. The zero-order chi connectivity index (χ0) is 14.7. The second-order valence-electron chi connectivity index (χ2n) is 4.08. The minimum Gasteiger partial charge on any atom is -0.465 e. The molecule has 2 aromatic heterocycles. The molecule has 5 nitrogen and oxygen atoms in total. The Morgan fingerprint density at radius 2 is 2.38 bits per heavy atom. The molecule has 3 rings (SSSR count). The number of hydrogen-bond acceptors (Lipinski definition) is 6. The summed E-state index contributed by atoms with van der Waals surface area (Å²) < 4.78 is 5.19. The van der Waals surface area contributed by atoms with Crippen molar-refractivity contribution in [1.29, 1.82) is 0 Å². The molecule has 1 aliphatic heterocycles. The molecule has 3 heterocycles. The number of aromatic nitrogens is 1. The highest BCUT2D eigenvalue weighted by atomic mass is 32.2. The van der Waals surface area contributed by atoms with Crippen molar-refractivity contribution in [2.45, 2.75) is 0 Å². The third-order valence-corrected chi connectivity index (χ3v) is 4.41. The molecule has 7 heteroatoms. The van der Waals surface area contributed by atoms with Gasteiger partial charge in [-0.1, -0.05) is 6.08 Å². The van der Waals surface area contributed by atoms with E-state index >= 15 is 0 Å². The fourth-order valence-electron chi connectivity index (χ4n) is 1.64. The molecule has 0 radical (unpaired) electrons. The average molecular weight is 317 g/mol. The van der Waals surface area contributed by atoms with Crippen molar-refractivity contribution in [2.75, 3.05) is 7.05 Å². The summed E-state index contributed by atoms with van der Waals surface area (Å²) in [6, 6.07) is 3.66. The maximum Gasteiger partial charge on any atom is 0.266 e. The van der Waals surface area contributed by atoms with E-state index in [1.807, 2.05) is 17.5 Å². The molecule has 0 bridgehead atoms. The summed E-state index contributed by atoms with van der Waals surface area (Å²) in [6.07, 6.45) is 8.65. The van der Waals surface area contributed by atoms with E-state index in [1.54, 1.807) is 37.7 Å². The average Bonchev–Trinajstić information content (AvgIpc) is 3.20. The van der Waals surface area contributed by atoms with Crippen LogP contribution in [-0.2, 0) is 4.79 Å². The highest BCUT2D eigenvalue weighted by Gasteiger charge is 2.30. The van der Waals surface area contributed by atoms with Crippen LogP contribution >= 0.6 is 23.1 Å². The fraction of sp³-hybridized carbons (Fsp3) is 0.0714. The first-order valence-electron chi connectivity index (χ1n) is 6.10. The standard InChI is InChI=1S/C14H11N3O2S2/c1-17-12(18)11(6-2-4-10-5-3-8-19-10)21-14(17)16-13-15-7-9-20-13/h2-9H,1H3/b4-2+,11-6+,16-14+. The summed E-state index contributed by atoms with van der Waals surface area (Å²) in [5.41, 5.74) is 0. The Morgan fingerprint density at radius 3 is 3.10 bits per heavy atom. The number of thiazole rings is 1. The molecule has 0 aromatic carbocycles. The third kappa shape index (κ3) is 3.14. The van der Waals surface area contributed by atoms with Gasteiger partial charge in [-0.15, -0.1) is 11.3 Å². The minimum atomic E-state index is -0.0700. The zero-order valence-corrected chi connectivity index (χ0v) is 12.7. The molecule has 106 valence electrons. The van der Waals surface area contributed by atoms with Crippen LogP contribution in [-0.4, -0.2) is 28.0 Å². The fourth-order valence-corrected chi connectivity index (χ4v) is 3.12. The second-order valence-corrected chi connectivity index (χ2v) is 5.96. The molecule has 0 atom stereocenters. The van der Waals surface area contributed by atoms with Gasteiger partial charge in [-0.25, -0.2) is 4.98 Å². The molecule has 1 amide bonds. The van der Waals surface area contributed by atoms with Crippen LogP contribution in [0.1, 0.15) is 5.76 Å². The third-order valence-electron chi connectivity index (χ3n) is 2.67. The predicted molar refractivity (Wildman–Crippen MR) is 85.4 cm³/mol. The van der Waals surface area contributed by atoms with Crippen LogP contribution in [0.2, 0.25) is 0 Å². The second kappa shape index (κ2) is 6.11. The molecule has 1 fully saturated rings. The van der Waals surface area contributed by atoms with Crippen molar-refractivity contribution in [3.05, 3.63) is 52.8 Å². The van der Waals surface area contributed by atoms with Crippen LogP contribution in [0.4, 0.5) is 5.13 Å². The van der Waals surface area contributed by atoms with Crippen LogP contribution in [0.5, 0.6) is 0 Å². The smallest absolute Gasteiger partial charge is 0.266 e.